The predicted molar refractivity (Wildman–Crippen MR) is 115 cm³/mol. The minimum Gasteiger partial charge on any atom is -1.00 e. The molecular formula is C21H30BrN2OS2+. The van der Waals surface area contributed by atoms with Crippen molar-refractivity contribution in [2.45, 2.75) is 48.2 Å². The second-order valence-electron chi connectivity index (χ2n) is 5.67. The molecule has 0 aliphatic heterocycles. The summed E-state index contributed by atoms with van der Waals surface area (Å²) in [6.07, 6.45) is 0. The molecule has 0 spiro atoms. The Kier molecular flexibility index (Phi) is 10.9. The summed E-state index contributed by atoms with van der Waals surface area (Å²) in [5.41, 5.74) is 2.73. The Morgan fingerprint density at radius 1 is 0.704 bits per heavy atom. The fourth-order valence-electron chi connectivity index (χ4n) is 3.09. The molecule has 4 aromatic rings. The largest absolute Gasteiger partial charge is 1.00 e. The molecule has 0 amide bonds. The molecule has 0 fully saturated rings. The standard InChI is InChI=1S/2C10H12NS.CH4.BrH.H2O/c2*1-3-11-8(2)12-10-7-5-4-6-9(10)11;;;/h2*4-7H,3H2,1-2H3;1H4;1H;1H2/q2*+1;;;/p-1. The summed E-state index contributed by atoms with van der Waals surface area (Å²) in [4.78, 5) is 0. The summed E-state index contributed by atoms with van der Waals surface area (Å²) in [6.45, 7) is 10.9. The smallest absolute Gasteiger partial charge is 0.235 e. The van der Waals surface area contributed by atoms with E-state index in [1.54, 1.807) is 0 Å². The van der Waals surface area contributed by atoms with Crippen molar-refractivity contribution < 1.29 is 31.6 Å². The van der Waals surface area contributed by atoms with E-state index in [1.165, 1.54) is 30.4 Å². The molecule has 2 heterocycles. The molecule has 2 N–H and O–H groups in total. The molecule has 27 heavy (non-hydrogen) atoms. The van der Waals surface area contributed by atoms with Crippen molar-refractivity contribution in [3.63, 3.8) is 0 Å². The first-order valence-electron chi connectivity index (χ1n) is 8.41. The molecule has 0 saturated carbocycles. The van der Waals surface area contributed by atoms with Gasteiger partial charge in [0.05, 0.1) is 0 Å². The first-order valence-corrected chi connectivity index (χ1v) is 10.0. The zero-order valence-electron chi connectivity index (χ0n) is 15.6. The average molecular weight is 471 g/mol. The van der Waals surface area contributed by atoms with Crippen LogP contribution < -0.4 is 26.1 Å². The lowest BCUT2D eigenvalue weighted by Gasteiger charge is -1.88. The number of thiazole rings is 2. The highest BCUT2D eigenvalue weighted by molar-refractivity contribution is 7.18. The first-order chi connectivity index (χ1) is 11.7. The van der Waals surface area contributed by atoms with Crippen molar-refractivity contribution in [1.82, 2.24) is 0 Å². The highest BCUT2D eigenvalue weighted by atomic mass is 79.9. The van der Waals surface area contributed by atoms with Crippen molar-refractivity contribution in [2.24, 2.45) is 0 Å². The minimum atomic E-state index is 0. The second kappa shape index (κ2) is 11.5. The number of nitrogens with zero attached hydrogens (tertiary/aromatic N) is 2. The van der Waals surface area contributed by atoms with Gasteiger partial charge >= 0.3 is 0 Å². The monoisotopic (exact) mass is 469 g/mol. The molecule has 148 valence electrons. The van der Waals surface area contributed by atoms with Crippen LogP contribution in [0.2, 0.25) is 0 Å². The summed E-state index contributed by atoms with van der Waals surface area (Å²) < 4.78 is 7.47. The maximum atomic E-state index is 2.35. The number of hydrogen-bond donors (Lipinski definition) is 0. The van der Waals surface area contributed by atoms with Crippen LogP contribution in [0.25, 0.3) is 20.4 Å². The van der Waals surface area contributed by atoms with E-state index < -0.39 is 0 Å². The number of fused-ring (bicyclic) bond motifs is 2. The van der Waals surface area contributed by atoms with E-state index in [0.717, 1.165) is 13.1 Å². The Bertz CT molecular complexity index is 899. The van der Waals surface area contributed by atoms with Gasteiger partial charge in [-0.05, 0) is 26.0 Å². The topological polar surface area (TPSA) is 39.3 Å². The van der Waals surface area contributed by atoms with Crippen molar-refractivity contribution >= 4 is 43.1 Å². The van der Waals surface area contributed by atoms with E-state index in [-0.39, 0.29) is 29.9 Å². The summed E-state index contributed by atoms with van der Waals surface area (Å²) >= 11 is 3.73. The molecule has 0 radical (unpaired) electrons. The summed E-state index contributed by atoms with van der Waals surface area (Å²) in [6, 6.07) is 17.1. The number of para-hydroxylation sites is 2. The summed E-state index contributed by atoms with van der Waals surface area (Å²) in [5.74, 6) is 0. The van der Waals surface area contributed by atoms with Crippen LogP contribution in [-0.2, 0) is 13.1 Å². The minimum absolute atomic E-state index is 0. The van der Waals surface area contributed by atoms with Gasteiger partial charge in [-0.25, -0.2) is 0 Å². The van der Waals surface area contributed by atoms with Crippen LogP contribution in [0.5, 0.6) is 0 Å². The average Bonchev–Trinajstić information content (AvgIpc) is 3.09. The van der Waals surface area contributed by atoms with Gasteiger partial charge in [0.25, 0.3) is 0 Å². The molecular weight excluding hydrogens is 440 g/mol. The Morgan fingerprint density at radius 3 is 1.37 bits per heavy atom. The molecule has 0 saturated heterocycles. The zero-order valence-corrected chi connectivity index (χ0v) is 18.8. The van der Waals surface area contributed by atoms with Gasteiger partial charge < -0.3 is 22.5 Å². The third kappa shape index (κ3) is 5.35. The van der Waals surface area contributed by atoms with Gasteiger partial charge in [-0.2, -0.15) is 9.13 Å². The van der Waals surface area contributed by atoms with E-state index in [1.807, 2.05) is 22.7 Å². The lowest BCUT2D eigenvalue weighted by molar-refractivity contribution is -0.669. The van der Waals surface area contributed by atoms with E-state index >= 15 is 0 Å². The predicted octanol–water partition coefficient (Wildman–Crippen LogP) is 1.85. The summed E-state index contributed by atoms with van der Waals surface area (Å²) in [5, 5.41) is 2.78. The maximum absolute atomic E-state index is 2.35. The highest BCUT2D eigenvalue weighted by Gasteiger charge is 2.14. The molecule has 0 aliphatic rings. The SMILES string of the molecule is C.CC[n+]1c(C)sc2ccccc21.CC[n+]1c(C)sc2ccccc21.O.[Br-]. The van der Waals surface area contributed by atoms with Gasteiger partial charge in [0, 0.05) is 26.0 Å². The van der Waals surface area contributed by atoms with Gasteiger partial charge in [-0.1, -0.05) is 54.4 Å². The molecule has 0 unspecified atom stereocenters. The van der Waals surface area contributed by atoms with E-state index in [2.05, 4.69) is 85.4 Å². The molecule has 2 aromatic heterocycles. The molecule has 0 atom stereocenters. The van der Waals surface area contributed by atoms with Gasteiger partial charge in [-0.15, -0.1) is 0 Å². The van der Waals surface area contributed by atoms with E-state index in [0.29, 0.717) is 0 Å². The number of benzene rings is 2. The van der Waals surface area contributed by atoms with Crippen LogP contribution in [-0.4, -0.2) is 5.48 Å². The fourth-order valence-corrected chi connectivity index (χ4v) is 5.26. The van der Waals surface area contributed by atoms with Crippen LogP contribution in [0, 0.1) is 13.8 Å². The van der Waals surface area contributed by atoms with Crippen molar-refractivity contribution in [3.8, 4) is 0 Å². The molecule has 2 aromatic carbocycles. The Hall–Kier alpha value is -1.34. The van der Waals surface area contributed by atoms with E-state index in [4.69, 9.17) is 0 Å². The third-order valence-corrected chi connectivity index (χ3v) is 6.38. The quantitative estimate of drug-likeness (QED) is 0.402. The number of hydrogen-bond acceptors (Lipinski definition) is 2. The van der Waals surface area contributed by atoms with Crippen LogP contribution in [0.15, 0.2) is 48.5 Å². The van der Waals surface area contributed by atoms with Crippen LogP contribution >= 0.6 is 22.7 Å². The Labute approximate surface area is 181 Å². The Morgan fingerprint density at radius 2 is 1.04 bits per heavy atom. The van der Waals surface area contributed by atoms with Gasteiger partial charge in [0.2, 0.25) is 21.0 Å². The van der Waals surface area contributed by atoms with Gasteiger partial charge in [0.1, 0.15) is 22.5 Å². The van der Waals surface area contributed by atoms with Crippen molar-refractivity contribution in [1.29, 1.82) is 0 Å². The van der Waals surface area contributed by atoms with Crippen molar-refractivity contribution in [2.75, 3.05) is 0 Å². The highest BCUT2D eigenvalue weighted by Crippen LogP contribution is 2.19. The number of aromatic nitrogens is 2. The fraction of sp³-hybridized carbons (Fsp3) is 0.333. The molecule has 6 heteroatoms. The van der Waals surface area contributed by atoms with Gasteiger partial charge in [-0.3, -0.25) is 0 Å². The zero-order chi connectivity index (χ0) is 17.1. The molecule has 3 nitrogen and oxygen atoms in total. The van der Waals surface area contributed by atoms with Crippen LogP contribution in [0.4, 0.5) is 0 Å². The summed E-state index contributed by atoms with van der Waals surface area (Å²) in [7, 11) is 0. The van der Waals surface area contributed by atoms with Crippen LogP contribution in [0.1, 0.15) is 31.3 Å². The lowest BCUT2D eigenvalue weighted by Crippen LogP contribution is -3.00. The number of aryl methyl sites for hydroxylation is 4. The molecule has 0 aliphatic carbocycles. The van der Waals surface area contributed by atoms with E-state index in [9.17, 15) is 0 Å². The second-order valence-corrected chi connectivity index (χ2v) is 8.14. The lowest BCUT2D eigenvalue weighted by atomic mass is 10.3. The first kappa shape index (κ1) is 25.7. The maximum Gasteiger partial charge on any atom is 0.235 e. The number of halogens is 1. The number of rotatable bonds is 2. The third-order valence-electron chi connectivity index (χ3n) is 4.22. The Balaban J connectivity index is 0.000000451. The molecule has 0 bridgehead atoms. The van der Waals surface area contributed by atoms with Gasteiger partial charge in [0.15, 0.2) is 0 Å². The normalized spacial score (nSPS) is 9.63. The van der Waals surface area contributed by atoms with Crippen LogP contribution in [0.3, 0.4) is 0 Å². The molecule has 4 rings (SSSR count). The van der Waals surface area contributed by atoms with Crippen molar-refractivity contribution in [3.05, 3.63) is 58.5 Å².